The number of hydrogen-bond acceptors (Lipinski definition) is 8. The third kappa shape index (κ3) is 6.59. The number of methoxy groups -OCH3 is 1. The number of piperazine rings is 1. The minimum atomic E-state index is -3.65. The molecule has 4 rings (SSSR count). The van der Waals surface area contributed by atoms with E-state index in [0.717, 1.165) is 52.1 Å². The summed E-state index contributed by atoms with van der Waals surface area (Å²) in [5, 5.41) is 10.7. The molecule has 10 heteroatoms. The largest absolute Gasteiger partial charge is 0.497 e. The van der Waals surface area contributed by atoms with E-state index in [1.54, 1.807) is 23.5 Å². The normalized spacial score (nSPS) is 23.9. The van der Waals surface area contributed by atoms with Gasteiger partial charge in [-0.25, -0.2) is 8.42 Å². The summed E-state index contributed by atoms with van der Waals surface area (Å²) in [7, 11) is -2.06. The quantitative estimate of drug-likeness (QED) is 0.466. The van der Waals surface area contributed by atoms with E-state index in [-0.39, 0.29) is 12.6 Å². The zero-order chi connectivity index (χ0) is 25.7. The average Bonchev–Trinajstić information content (AvgIpc) is 3.55. The Morgan fingerprint density at radius 3 is 2.17 bits per heavy atom. The lowest BCUT2D eigenvalue weighted by Gasteiger charge is -2.37. The van der Waals surface area contributed by atoms with Crippen LogP contribution in [0, 0.1) is 13.8 Å². The molecule has 1 N–H and O–H groups in total. The molecule has 204 valence electrons. The van der Waals surface area contributed by atoms with Gasteiger partial charge < -0.3 is 19.5 Å². The van der Waals surface area contributed by atoms with Gasteiger partial charge in [0, 0.05) is 51.9 Å². The Balaban J connectivity index is 1.24. The van der Waals surface area contributed by atoms with Crippen LogP contribution in [-0.2, 0) is 14.8 Å². The molecule has 0 bridgehead atoms. The van der Waals surface area contributed by atoms with Gasteiger partial charge in [0.2, 0.25) is 10.0 Å². The van der Waals surface area contributed by atoms with Crippen LogP contribution >= 0.6 is 0 Å². The van der Waals surface area contributed by atoms with Gasteiger partial charge in [0.15, 0.2) is 0 Å². The number of aryl methyl sites for hydroxylation is 2. The van der Waals surface area contributed by atoms with Gasteiger partial charge in [-0.2, -0.15) is 4.31 Å². The first-order valence-corrected chi connectivity index (χ1v) is 14.8. The molecule has 0 aliphatic carbocycles. The van der Waals surface area contributed by atoms with E-state index in [0.29, 0.717) is 34.9 Å². The highest BCUT2D eigenvalue weighted by Gasteiger charge is 2.37. The molecule has 1 unspecified atom stereocenters. The molecular weight excluding hydrogens is 480 g/mol. The van der Waals surface area contributed by atoms with Crippen LogP contribution in [0.4, 0.5) is 0 Å². The van der Waals surface area contributed by atoms with Crippen LogP contribution in [0.2, 0.25) is 0 Å². The maximum absolute atomic E-state index is 13.6. The Kier molecular flexibility index (Phi) is 9.65. The fourth-order valence-corrected chi connectivity index (χ4v) is 7.93. The van der Waals surface area contributed by atoms with Crippen molar-refractivity contribution in [1.82, 2.24) is 19.0 Å². The van der Waals surface area contributed by atoms with E-state index >= 15 is 0 Å². The number of rotatable bonds is 11. The lowest BCUT2D eigenvalue weighted by atomic mass is 10.1. The summed E-state index contributed by atoms with van der Waals surface area (Å²) >= 11 is 0. The fourth-order valence-electron chi connectivity index (χ4n) is 5.83. The third-order valence-corrected chi connectivity index (χ3v) is 10.2. The first-order chi connectivity index (χ1) is 17.3. The van der Waals surface area contributed by atoms with Gasteiger partial charge in [0.25, 0.3) is 0 Å². The SMILES string of the molecule is COc1cc(C)c(S(=O)(=O)N2CCC[C@H]2COCC(O)N2CCN(CCN3CCCC3)CC2)c(C)c1. The summed E-state index contributed by atoms with van der Waals surface area (Å²) in [6, 6.07) is 3.32. The van der Waals surface area contributed by atoms with Crippen LogP contribution in [0.3, 0.4) is 0 Å². The summed E-state index contributed by atoms with van der Waals surface area (Å²) in [4.78, 5) is 7.45. The number of nitrogens with zero attached hydrogens (tertiary/aromatic N) is 4. The fraction of sp³-hybridized carbons (Fsp3) is 0.769. The van der Waals surface area contributed by atoms with Crippen molar-refractivity contribution >= 4 is 10.0 Å². The second-order valence-corrected chi connectivity index (χ2v) is 12.3. The van der Waals surface area contributed by atoms with Crippen LogP contribution in [0.15, 0.2) is 17.0 Å². The van der Waals surface area contributed by atoms with E-state index in [2.05, 4.69) is 14.7 Å². The molecule has 2 atom stereocenters. The number of sulfonamides is 1. The molecular formula is C26H44N4O5S. The van der Waals surface area contributed by atoms with Gasteiger partial charge in [-0.05, 0) is 75.9 Å². The number of hydrogen-bond donors (Lipinski definition) is 1. The predicted octanol–water partition coefficient (Wildman–Crippen LogP) is 1.51. The Morgan fingerprint density at radius 1 is 0.944 bits per heavy atom. The summed E-state index contributed by atoms with van der Waals surface area (Å²) in [5.41, 5.74) is 1.38. The van der Waals surface area contributed by atoms with Gasteiger partial charge >= 0.3 is 0 Å². The number of aliphatic hydroxyl groups excluding tert-OH is 1. The molecule has 0 saturated carbocycles. The number of likely N-dealkylation sites (tertiary alicyclic amines) is 1. The second-order valence-electron chi connectivity index (χ2n) is 10.4. The maximum Gasteiger partial charge on any atom is 0.243 e. The Bertz CT molecular complexity index is 938. The summed E-state index contributed by atoms with van der Waals surface area (Å²) in [6.07, 6.45) is 3.56. The zero-order valence-electron chi connectivity index (χ0n) is 22.2. The Labute approximate surface area is 217 Å². The third-order valence-electron chi connectivity index (χ3n) is 7.90. The molecule has 1 aromatic carbocycles. The molecule has 0 aromatic heterocycles. The van der Waals surface area contributed by atoms with Gasteiger partial charge in [0.05, 0.1) is 25.2 Å². The molecule has 3 fully saturated rings. The molecule has 3 aliphatic heterocycles. The van der Waals surface area contributed by atoms with Crippen LogP contribution in [0.5, 0.6) is 5.75 Å². The van der Waals surface area contributed by atoms with Crippen molar-refractivity contribution in [3.8, 4) is 5.75 Å². The van der Waals surface area contributed by atoms with Crippen molar-refractivity contribution in [2.45, 2.75) is 56.7 Å². The first-order valence-electron chi connectivity index (χ1n) is 13.4. The van der Waals surface area contributed by atoms with Crippen LogP contribution in [0.1, 0.15) is 36.8 Å². The predicted molar refractivity (Wildman–Crippen MR) is 140 cm³/mol. The minimum Gasteiger partial charge on any atom is -0.497 e. The summed E-state index contributed by atoms with van der Waals surface area (Å²) in [6.45, 7) is 12.9. The highest BCUT2D eigenvalue weighted by atomic mass is 32.2. The molecule has 0 amide bonds. The van der Waals surface area contributed by atoms with E-state index in [4.69, 9.17) is 9.47 Å². The Morgan fingerprint density at radius 2 is 1.56 bits per heavy atom. The molecule has 9 nitrogen and oxygen atoms in total. The Hall–Kier alpha value is -1.27. The molecule has 0 radical (unpaired) electrons. The van der Waals surface area contributed by atoms with E-state index in [1.807, 2.05) is 13.8 Å². The van der Waals surface area contributed by atoms with Crippen molar-refractivity contribution in [3.63, 3.8) is 0 Å². The van der Waals surface area contributed by atoms with Crippen LogP contribution in [-0.4, -0.2) is 124 Å². The minimum absolute atomic E-state index is 0.193. The van der Waals surface area contributed by atoms with Crippen molar-refractivity contribution in [3.05, 3.63) is 23.3 Å². The molecule has 3 aliphatic rings. The molecule has 1 aromatic rings. The van der Waals surface area contributed by atoms with E-state index < -0.39 is 16.3 Å². The molecule has 3 heterocycles. The van der Waals surface area contributed by atoms with Gasteiger partial charge in [-0.1, -0.05) is 0 Å². The van der Waals surface area contributed by atoms with Crippen molar-refractivity contribution < 1.29 is 23.0 Å². The smallest absolute Gasteiger partial charge is 0.243 e. The van der Waals surface area contributed by atoms with Crippen LogP contribution < -0.4 is 4.74 Å². The van der Waals surface area contributed by atoms with Crippen molar-refractivity contribution in [2.24, 2.45) is 0 Å². The molecule has 36 heavy (non-hydrogen) atoms. The average molecular weight is 525 g/mol. The number of ether oxygens (including phenoxy) is 2. The standard InChI is InChI=1S/C26H44N4O5S/c1-21-17-24(34-3)18-22(2)26(21)36(32,33)30-10-6-7-23(30)19-35-20-25(31)29-15-13-28(14-16-29)12-11-27-8-4-5-9-27/h17-18,23,25,31H,4-16,19-20H2,1-3H3/t23-,25?/m0/s1. The first kappa shape index (κ1) is 27.8. The molecule has 0 spiro atoms. The van der Waals surface area contributed by atoms with Crippen molar-refractivity contribution in [2.75, 3.05) is 79.2 Å². The maximum atomic E-state index is 13.6. The van der Waals surface area contributed by atoms with E-state index in [9.17, 15) is 13.5 Å². The van der Waals surface area contributed by atoms with Crippen LogP contribution in [0.25, 0.3) is 0 Å². The lowest BCUT2D eigenvalue weighted by Crippen LogP contribution is -2.52. The van der Waals surface area contributed by atoms with Gasteiger partial charge in [0.1, 0.15) is 12.0 Å². The number of benzene rings is 1. The monoisotopic (exact) mass is 524 g/mol. The summed E-state index contributed by atoms with van der Waals surface area (Å²) < 4.78 is 39.9. The zero-order valence-corrected chi connectivity index (χ0v) is 23.0. The van der Waals surface area contributed by atoms with Gasteiger partial charge in [-0.3, -0.25) is 9.80 Å². The topological polar surface area (TPSA) is 85.8 Å². The number of aliphatic hydroxyl groups is 1. The second kappa shape index (κ2) is 12.5. The molecule has 3 saturated heterocycles. The highest BCUT2D eigenvalue weighted by molar-refractivity contribution is 7.89. The highest BCUT2D eigenvalue weighted by Crippen LogP contribution is 2.32. The van der Waals surface area contributed by atoms with Crippen molar-refractivity contribution in [1.29, 1.82) is 0 Å². The van der Waals surface area contributed by atoms with E-state index in [1.165, 1.54) is 25.9 Å². The van der Waals surface area contributed by atoms with Gasteiger partial charge in [-0.15, -0.1) is 0 Å². The summed E-state index contributed by atoms with van der Waals surface area (Å²) in [5.74, 6) is 0.659. The lowest BCUT2D eigenvalue weighted by molar-refractivity contribution is -0.0781.